The SMILES string of the molecule is O=C(OO)C1C[N-]C2Cc3c[nH]c4cccc(c34)C2C1.[Pr]. The van der Waals surface area contributed by atoms with Crippen LogP contribution in [-0.2, 0) is 16.1 Å². The number of nitrogens with one attached hydrogen (secondary N) is 1. The van der Waals surface area contributed by atoms with Crippen molar-refractivity contribution < 1.29 is 56.2 Å². The zero-order valence-corrected chi connectivity index (χ0v) is 15.2. The molecule has 2 heterocycles. The molecular weight excluding hydrogens is 397 g/mol. The van der Waals surface area contributed by atoms with Gasteiger partial charge in [0.15, 0.2) is 0 Å². The van der Waals surface area contributed by atoms with Gasteiger partial charge in [0.2, 0.25) is 0 Å². The average molecular weight is 412 g/mol. The second-order valence-electron chi connectivity index (χ2n) is 5.67. The van der Waals surface area contributed by atoms with E-state index >= 15 is 0 Å². The Morgan fingerprint density at radius 1 is 1.43 bits per heavy atom. The molecule has 21 heavy (non-hydrogen) atoms. The van der Waals surface area contributed by atoms with Crippen molar-refractivity contribution in [3.8, 4) is 0 Å². The minimum Gasteiger partial charge on any atom is -0.658 e. The van der Waals surface area contributed by atoms with Crippen LogP contribution in [0.15, 0.2) is 24.4 Å². The average Bonchev–Trinajstić information content (AvgIpc) is 2.91. The quantitative estimate of drug-likeness (QED) is 0.559. The molecule has 1 radical (unpaired) electrons. The van der Waals surface area contributed by atoms with Crippen LogP contribution in [0.25, 0.3) is 16.2 Å². The fourth-order valence-corrected chi connectivity index (χ4v) is 3.70. The summed E-state index contributed by atoms with van der Waals surface area (Å²) < 4.78 is 0. The van der Waals surface area contributed by atoms with Gasteiger partial charge in [-0.25, -0.2) is 4.79 Å². The maximum Gasteiger partial charge on any atom is 0.343 e. The number of aromatic nitrogens is 1. The van der Waals surface area contributed by atoms with Crippen LogP contribution in [0.3, 0.4) is 0 Å². The second kappa shape index (κ2) is 5.95. The van der Waals surface area contributed by atoms with Crippen LogP contribution < -0.4 is 0 Å². The van der Waals surface area contributed by atoms with Crippen molar-refractivity contribution in [2.24, 2.45) is 5.92 Å². The molecule has 2 aliphatic rings. The molecule has 4 rings (SSSR count). The molecule has 0 saturated carbocycles. The van der Waals surface area contributed by atoms with Gasteiger partial charge >= 0.3 is 5.97 Å². The monoisotopic (exact) mass is 412 g/mol. The standard InChI is InChI=1S/C15H15N2O3.Pr/c18-15(20-19)9-4-11-10-2-1-3-12-14(10)8(6-16-12)5-13(11)17-7-9;/h1-3,6,9,11,13,16,19H,4-5,7H2;/q-1;. The van der Waals surface area contributed by atoms with Crippen LogP contribution in [0.5, 0.6) is 0 Å². The molecule has 1 saturated heterocycles. The van der Waals surface area contributed by atoms with Crippen molar-refractivity contribution in [3.63, 3.8) is 0 Å². The number of carbonyl (C=O) groups excluding carboxylic acids is 1. The van der Waals surface area contributed by atoms with E-state index < -0.39 is 5.97 Å². The molecule has 6 heteroatoms. The van der Waals surface area contributed by atoms with Crippen LogP contribution in [0, 0.1) is 47.2 Å². The van der Waals surface area contributed by atoms with Crippen LogP contribution in [0.2, 0.25) is 0 Å². The van der Waals surface area contributed by atoms with Gasteiger partial charge in [0, 0.05) is 64.3 Å². The molecule has 1 aliphatic heterocycles. The second-order valence-corrected chi connectivity index (χ2v) is 5.67. The molecule has 0 bridgehead atoms. The maximum atomic E-state index is 11.5. The van der Waals surface area contributed by atoms with E-state index in [1.54, 1.807) is 0 Å². The molecule has 107 valence electrons. The Labute approximate surface area is 155 Å². The predicted molar refractivity (Wildman–Crippen MR) is 73.6 cm³/mol. The minimum absolute atomic E-state index is 0. The van der Waals surface area contributed by atoms with Crippen LogP contribution in [0.1, 0.15) is 23.5 Å². The van der Waals surface area contributed by atoms with Gasteiger partial charge < -0.3 is 15.2 Å². The predicted octanol–water partition coefficient (Wildman–Crippen LogP) is 2.59. The minimum atomic E-state index is -0.570. The Morgan fingerprint density at radius 2 is 2.29 bits per heavy atom. The van der Waals surface area contributed by atoms with Gasteiger partial charge in [0.25, 0.3) is 0 Å². The van der Waals surface area contributed by atoms with Crippen molar-refractivity contribution in [3.05, 3.63) is 40.8 Å². The number of benzene rings is 1. The Bertz CT molecular complexity index is 685. The van der Waals surface area contributed by atoms with Crippen molar-refractivity contribution in [1.82, 2.24) is 4.98 Å². The fraction of sp³-hybridized carbons (Fsp3) is 0.400. The van der Waals surface area contributed by atoms with Crippen LogP contribution >= 0.6 is 0 Å². The van der Waals surface area contributed by atoms with E-state index in [-0.39, 0.29) is 59.2 Å². The van der Waals surface area contributed by atoms with Gasteiger partial charge in [0.05, 0.1) is 0 Å². The summed E-state index contributed by atoms with van der Waals surface area (Å²) in [5.74, 6) is -0.670. The summed E-state index contributed by atoms with van der Waals surface area (Å²) in [6, 6.07) is 6.46. The van der Waals surface area contributed by atoms with Crippen LogP contribution in [0.4, 0.5) is 0 Å². The third kappa shape index (κ3) is 2.44. The number of carbonyl (C=O) groups is 1. The molecule has 3 atom stereocenters. The summed E-state index contributed by atoms with van der Waals surface area (Å²) in [7, 11) is 0. The third-order valence-electron chi connectivity index (χ3n) is 4.63. The first-order valence-corrected chi connectivity index (χ1v) is 6.88. The summed E-state index contributed by atoms with van der Waals surface area (Å²) in [6.45, 7) is 0.441. The number of rotatable bonds is 1. The van der Waals surface area contributed by atoms with Gasteiger partial charge in [-0.05, 0) is 36.0 Å². The number of nitrogens with zero attached hydrogens (tertiary/aromatic N) is 1. The summed E-state index contributed by atoms with van der Waals surface area (Å²) in [4.78, 5) is 18.7. The molecule has 1 fully saturated rings. The molecule has 3 unspecified atom stereocenters. The Morgan fingerprint density at radius 3 is 3.10 bits per heavy atom. The summed E-state index contributed by atoms with van der Waals surface area (Å²) in [5.41, 5.74) is 3.71. The molecule has 2 aromatic rings. The molecule has 1 aliphatic carbocycles. The van der Waals surface area contributed by atoms with E-state index in [1.807, 2.05) is 6.07 Å². The third-order valence-corrected chi connectivity index (χ3v) is 4.63. The number of hydrogen-bond acceptors (Lipinski definition) is 3. The summed E-state index contributed by atoms with van der Waals surface area (Å²) >= 11 is 0. The number of piperidine rings is 1. The van der Waals surface area contributed by atoms with E-state index in [2.05, 4.69) is 33.5 Å². The van der Waals surface area contributed by atoms with E-state index in [9.17, 15) is 4.79 Å². The topological polar surface area (TPSA) is 76.4 Å². The first-order chi connectivity index (χ1) is 9.78. The van der Waals surface area contributed by atoms with E-state index in [1.165, 1.54) is 16.5 Å². The van der Waals surface area contributed by atoms with Crippen molar-refractivity contribution in [2.75, 3.05) is 6.54 Å². The van der Waals surface area contributed by atoms with Gasteiger partial charge in [-0.2, -0.15) is 5.26 Å². The van der Waals surface area contributed by atoms with E-state index in [0.29, 0.717) is 13.0 Å². The summed E-state index contributed by atoms with van der Waals surface area (Å²) in [6.07, 6.45) is 3.67. The molecule has 0 amide bonds. The number of hydrogen-bond donors (Lipinski definition) is 2. The zero-order chi connectivity index (χ0) is 13.7. The van der Waals surface area contributed by atoms with Gasteiger partial charge in [-0.3, -0.25) is 0 Å². The normalized spacial score (nSPS) is 26.8. The number of aromatic amines is 1. The largest absolute Gasteiger partial charge is 0.658 e. The first kappa shape index (κ1) is 15.4. The van der Waals surface area contributed by atoms with Crippen LogP contribution in [-0.4, -0.2) is 28.8 Å². The van der Waals surface area contributed by atoms with Gasteiger partial charge in [-0.15, -0.1) is 12.6 Å². The molecule has 1 aromatic heterocycles. The zero-order valence-electron chi connectivity index (χ0n) is 11.5. The molecule has 5 nitrogen and oxygen atoms in total. The molecule has 0 spiro atoms. The van der Waals surface area contributed by atoms with E-state index in [4.69, 9.17) is 5.26 Å². The van der Waals surface area contributed by atoms with E-state index in [0.717, 1.165) is 11.9 Å². The number of H-pyrrole nitrogens is 1. The molecular formula is C15H15N2O3Pr-. The van der Waals surface area contributed by atoms with Crippen molar-refractivity contribution in [1.29, 1.82) is 0 Å². The Balaban J connectivity index is 0.00000132. The maximum absolute atomic E-state index is 11.5. The first-order valence-electron chi connectivity index (χ1n) is 6.88. The fourth-order valence-electron chi connectivity index (χ4n) is 3.70. The van der Waals surface area contributed by atoms with Gasteiger partial charge in [0.1, 0.15) is 0 Å². The smallest absolute Gasteiger partial charge is 0.343 e. The Hall–Kier alpha value is -0.486. The van der Waals surface area contributed by atoms with Crippen molar-refractivity contribution in [2.45, 2.75) is 24.8 Å². The van der Waals surface area contributed by atoms with Gasteiger partial charge in [-0.1, -0.05) is 12.1 Å². The summed E-state index contributed by atoms with van der Waals surface area (Å²) in [5, 5.41) is 14.5. The Kier molecular flexibility index (Phi) is 4.37. The molecule has 2 N–H and O–H groups in total. The number of fused-ring (bicyclic) bond motifs is 2. The molecule has 1 aromatic carbocycles. The van der Waals surface area contributed by atoms with Crippen molar-refractivity contribution >= 4 is 16.9 Å².